The number of hydrogen-bond acceptors (Lipinski definition) is 2. The predicted molar refractivity (Wildman–Crippen MR) is 72.2 cm³/mol. The second-order valence-corrected chi connectivity index (χ2v) is 4.97. The highest BCUT2D eigenvalue weighted by molar-refractivity contribution is 5.81. The molecule has 1 aliphatic carbocycles. The van der Waals surface area contributed by atoms with Crippen molar-refractivity contribution in [3.63, 3.8) is 0 Å². The van der Waals surface area contributed by atoms with Crippen molar-refractivity contribution < 1.29 is 4.79 Å². The fourth-order valence-corrected chi connectivity index (χ4v) is 2.20. The second-order valence-electron chi connectivity index (χ2n) is 4.97. The van der Waals surface area contributed by atoms with Gasteiger partial charge in [0.1, 0.15) is 5.49 Å². The van der Waals surface area contributed by atoms with Crippen LogP contribution in [0.2, 0.25) is 0 Å². The first kappa shape index (κ1) is 12.8. The number of aromatic nitrogens is 1. The first-order valence-electron chi connectivity index (χ1n) is 6.59. The summed E-state index contributed by atoms with van der Waals surface area (Å²) in [6, 6.07) is 5.90. The van der Waals surface area contributed by atoms with Crippen LogP contribution in [0.1, 0.15) is 37.9 Å². The summed E-state index contributed by atoms with van der Waals surface area (Å²) in [6.07, 6.45) is 8.87. The molecule has 1 heterocycles. The first-order valence-corrected chi connectivity index (χ1v) is 6.59. The zero-order valence-corrected chi connectivity index (χ0v) is 11.0. The van der Waals surface area contributed by atoms with Crippen molar-refractivity contribution in [2.24, 2.45) is 10.9 Å². The van der Waals surface area contributed by atoms with Gasteiger partial charge in [0.15, 0.2) is 0 Å². The molecule has 0 saturated carbocycles. The molecule has 1 atom stereocenters. The highest BCUT2D eigenvalue weighted by Crippen LogP contribution is 2.19. The van der Waals surface area contributed by atoms with Crippen LogP contribution in [0.15, 0.2) is 41.5 Å². The number of pyridine rings is 1. The van der Waals surface area contributed by atoms with Crippen molar-refractivity contribution in [3.8, 4) is 0 Å². The second kappa shape index (κ2) is 5.80. The van der Waals surface area contributed by atoms with Crippen molar-refractivity contribution in [3.05, 3.63) is 42.0 Å². The normalized spacial score (nSPS) is 20.4. The first-order chi connectivity index (χ1) is 8.68. The van der Waals surface area contributed by atoms with Crippen LogP contribution >= 0.6 is 0 Å². The molecule has 1 aromatic heterocycles. The minimum absolute atomic E-state index is 0.100. The van der Waals surface area contributed by atoms with Gasteiger partial charge in [0.2, 0.25) is 5.91 Å². The number of rotatable bonds is 2. The van der Waals surface area contributed by atoms with E-state index in [-0.39, 0.29) is 17.9 Å². The molecule has 0 fully saturated rings. The standard InChI is InChI=1S/C15H20N2O/c1-12(2)16-14-10-6-7-11-17(14)15(18)13-8-4-3-5-9-13/h3-4,6-7,10-13H,5,8-9H2,1-2H3. The summed E-state index contributed by atoms with van der Waals surface area (Å²) < 4.78 is 1.70. The lowest BCUT2D eigenvalue weighted by atomic mass is 9.93. The Balaban J connectivity index is 2.33. The average molecular weight is 244 g/mol. The molecule has 3 heteroatoms. The monoisotopic (exact) mass is 244 g/mol. The van der Waals surface area contributed by atoms with Gasteiger partial charge in [-0.2, -0.15) is 0 Å². The van der Waals surface area contributed by atoms with Crippen LogP contribution in [0, 0.1) is 5.92 Å². The summed E-state index contributed by atoms with van der Waals surface area (Å²) in [7, 11) is 0. The fourth-order valence-electron chi connectivity index (χ4n) is 2.20. The largest absolute Gasteiger partial charge is 0.274 e. The Morgan fingerprint density at radius 1 is 1.39 bits per heavy atom. The maximum atomic E-state index is 12.5. The molecule has 0 bridgehead atoms. The van der Waals surface area contributed by atoms with Gasteiger partial charge in [-0.1, -0.05) is 18.2 Å². The zero-order chi connectivity index (χ0) is 13.0. The van der Waals surface area contributed by atoms with E-state index >= 15 is 0 Å². The van der Waals surface area contributed by atoms with Crippen LogP contribution in [-0.2, 0) is 0 Å². The van der Waals surface area contributed by atoms with Crippen LogP contribution in [0.4, 0.5) is 0 Å². The van der Waals surface area contributed by atoms with Crippen molar-refractivity contribution in [2.75, 3.05) is 0 Å². The summed E-state index contributed by atoms with van der Waals surface area (Å²) in [5.74, 6) is 0.267. The molecule has 0 aliphatic heterocycles. The molecule has 0 amide bonds. The van der Waals surface area contributed by atoms with E-state index < -0.39 is 0 Å². The van der Waals surface area contributed by atoms with E-state index in [0.29, 0.717) is 0 Å². The lowest BCUT2D eigenvalue weighted by Crippen LogP contribution is -2.32. The maximum absolute atomic E-state index is 12.5. The lowest BCUT2D eigenvalue weighted by Gasteiger charge is -2.18. The topological polar surface area (TPSA) is 34.4 Å². The SMILES string of the molecule is CC(C)N=c1ccccn1C(=O)C1CC=CCC1. The Morgan fingerprint density at radius 3 is 2.89 bits per heavy atom. The highest BCUT2D eigenvalue weighted by Gasteiger charge is 2.20. The number of carbonyl (C=O) groups is 1. The van der Waals surface area contributed by atoms with Crippen molar-refractivity contribution in [2.45, 2.75) is 39.2 Å². The Morgan fingerprint density at radius 2 is 2.22 bits per heavy atom. The molecule has 0 radical (unpaired) electrons. The van der Waals surface area contributed by atoms with Crippen LogP contribution in [0.3, 0.4) is 0 Å². The van der Waals surface area contributed by atoms with Gasteiger partial charge in [0.05, 0.1) is 0 Å². The van der Waals surface area contributed by atoms with Gasteiger partial charge in [-0.25, -0.2) is 0 Å². The van der Waals surface area contributed by atoms with Gasteiger partial charge < -0.3 is 0 Å². The van der Waals surface area contributed by atoms with E-state index in [9.17, 15) is 4.79 Å². The van der Waals surface area contributed by atoms with Gasteiger partial charge in [0.25, 0.3) is 0 Å². The molecule has 18 heavy (non-hydrogen) atoms. The molecule has 0 spiro atoms. The van der Waals surface area contributed by atoms with Crippen molar-refractivity contribution in [1.29, 1.82) is 0 Å². The Hall–Kier alpha value is -1.64. The Labute approximate surface area is 108 Å². The molecule has 0 saturated heterocycles. The number of hydrogen-bond donors (Lipinski definition) is 0. The van der Waals surface area contributed by atoms with Gasteiger partial charge in [-0.3, -0.25) is 14.4 Å². The highest BCUT2D eigenvalue weighted by atomic mass is 16.2. The number of allylic oxidation sites excluding steroid dienone is 2. The molecule has 0 aromatic carbocycles. The predicted octanol–water partition coefficient (Wildman–Crippen LogP) is 2.79. The van der Waals surface area contributed by atoms with E-state index in [1.807, 2.05) is 38.2 Å². The Bertz CT molecular complexity index is 511. The quantitative estimate of drug-likeness (QED) is 0.737. The molecule has 96 valence electrons. The lowest BCUT2D eigenvalue weighted by molar-refractivity contribution is 0.0819. The molecule has 1 unspecified atom stereocenters. The van der Waals surface area contributed by atoms with E-state index in [1.165, 1.54) is 0 Å². The molecule has 3 nitrogen and oxygen atoms in total. The van der Waals surface area contributed by atoms with Crippen molar-refractivity contribution in [1.82, 2.24) is 4.57 Å². The fraction of sp³-hybridized carbons (Fsp3) is 0.467. The maximum Gasteiger partial charge on any atom is 0.235 e. The number of nitrogens with zero attached hydrogens (tertiary/aromatic N) is 2. The minimum atomic E-state index is 0.100. The van der Waals surface area contributed by atoms with Gasteiger partial charge in [0, 0.05) is 18.2 Å². The smallest absolute Gasteiger partial charge is 0.235 e. The van der Waals surface area contributed by atoms with Crippen molar-refractivity contribution >= 4 is 5.91 Å². The van der Waals surface area contributed by atoms with Gasteiger partial charge in [-0.15, -0.1) is 0 Å². The van der Waals surface area contributed by atoms with E-state index in [2.05, 4.69) is 17.1 Å². The number of carbonyl (C=O) groups excluding carboxylic acids is 1. The van der Waals surface area contributed by atoms with Crippen LogP contribution in [-0.4, -0.2) is 16.5 Å². The third-order valence-corrected chi connectivity index (χ3v) is 3.08. The molecule has 0 N–H and O–H groups in total. The molecule has 1 aromatic rings. The zero-order valence-electron chi connectivity index (χ0n) is 11.0. The van der Waals surface area contributed by atoms with E-state index in [0.717, 1.165) is 24.8 Å². The van der Waals surface area contributed by atoms with E-state index in [4.69, 9.17) is 0 Å². The van der Waals surface area contributed by atoms with Crippen LogP contribution < -0.4 is 5.49 Å². The summed E-state index contributed by atoms with van der Waals surface area (Å²) in [5, 5.41) is 0. The minimum Gasteiger partial charge on any atom is -0.274 e. The van der Waals surface area contributed by atoms with Gasteiger partial charge in [-0.05, 0) is 45.2 Å². The molecular weight excluding hydrogens is 224 g/mol. The Kier molecular flexibility index (Phi) is 4.13. The summed E-state index contributed by atoms with van der Waals surface area (Å²) in [5.41, 5.74) is 0.757. The molecular formula is C15H20N2O. The summed E-state index contributed by atoms with van der Waals surface area (Å²) in [6.45, 7) is 4.04. The molecule has 2 rings (SSSR count). The average Bonchev–Trinajstić information content (AvgIpc) is 2.39. The third-order valence-electron chi connectivity index (χ3n) is 3.08. The third kappa shape index (κ3) is 2.97. The van der Waals surface area contributed by atoms with Crippen LogP contribution in [0.25, 0.3) is 0 Å². The summed E-state index contributed by atoms with van der Waals surface area (Å²) in [4.78, 5) is 17.0. The van der Waals surface area contributed by atoms with Crippen LogP contribution in [0.5, 0.6) is 0 Å². The van der Waals surface area contributed by atoms with Gasteiger partial charge >= 0.3 is 0 Å². The van der Waals surface area contributed by atoms with E-state index in [1.54, 1.807) is 4.57 Å². The summed E-state index contributed by atoms with van der Waals surface area (Å²) >= 11 is 0. The molecule has 1 aliphatic rings.